The van der Waals surface area contributed by atoms with E-state index in [0.29, 0.717) is 19.7 Å². The van der Waals surface area contributed by atoms with Gasteiger partial charge >= 0.3 is 0 Å². The van der Waals surface area contributed by atoms with Crippen LogP contribution in [0, 0.1) is 0 Å². The van der Waals surface area contributed by atoms with E-state index in [1.807, 2.05) is 6.92 Å². The van der Waals surface area contributed by atoms with Crippen molar-refractivity contribution in [1.29, 1.82) is 0 Å². The summed E-state index contributed by atoms with van der Waals surface area (Å²) in [6, 6.07) is 0.0729. The van der Waals surface area contributed by atoms with Gasteiger partial charge in [-0.05, 0) is 19.4 Å². The van der Waals surface area contributed by atoms with Gasteiger partial charge in [0.05, 0.1) is 6.61 Å². The van der Waals surface area contributed by atoms with Crippen molar-refractivity contribution in [3.8, 4) is 0 Å². The quantitative estimate of drug-likeness (QED) is 0.698. The molecule has 19 heavy (non-hydrogen) atoms. The van der Waals surface area contributed by atoms with Crippen LogP contribution in [0.25, 0.3) is 0 Å². The van der Waals surface area contributed by atoms with E-state index >= 15 is 0 Å². The van der Waals surface area contributed by atoms with Crippen molar-refractivity contribution in [2.75, 3.05) is 46.9 Å². The lowest BCUT2D eigenvalue weighted by molar-refractivity contribution is 0.177. The first-order chi connectivity index (χ1) is 9.04. The molecule has 1 heterocycles. The van der Waals surface area contributed by atoms with Crippen LogP contribution in [0.4, 0.5) is 0 Å². The van der Waals surface area contributed by atoms with E-state index in [-0.39, 0.29) is 6.04 Å². The Morgan fingerprint density at radius 3 is 2.79 bits per heavy atom. The van der Waals surface area contributed by atoms with Crippen molar-refractivity contribution < 1.29 is 13.2 Å². The molecule has 1 fully saturated rings. The van der Waals surface area contributed by atoms with Gasteiger partial charge in [-0.2, -0.15) is 17.0 Å². The third kappa shape index (κ3) is 4.68. The summed E-state index contributed by atoms with van der Waals surface area (Å²) in [6.45, 7) is 5.06. The van der Waals surface area contributed by atoms with Crippen LogP contribution in [0.2, 0.25) is 0 Å². The van der Waals surface area contributed by atoms with Crippen molar-refractivity contribution in [2.45, 2.75) is 32.2 Å². The molecule has 1 N–H and O–H groups in total. The van der Waals surface area contributed by atoms with E-state index in [1.54, 1.807) is 18.5 Å². The number of methoxy groups -OCH3 is 1. The van der Waals surface area contributed by atoms with Crippen LogP contribution < -0.4 is 5.32 Å². The third-order valence-electron chi connectivity index (χ3n) is 3.50. The number of nitrogens with zero attached hydrogens (tertiary/aromatic N) is 2. The maximum Gasteiger partial charge on any atom is 0.282 e. The molecule has 0 saturated carbocycles. The number of piperidine rings is 1. The fourth-order valence-electron chi connectivity index (χ4n) is 2.31. The summed E-state index contributed by atoms with van der Waals surface area (Å²) in [4.78, 5) is 0. The van der Waals surface area contributed by atoms with Crippen molar-refractivity contribution in [3.05, 3.63) is 0 Å². The second-order valence-corrected chi connectivity index (χ2v) is 6.88. The molecule has 1 aliphatic heterocycles. The Balaban J connectivity index is 2.71. The minimum atomic E-state index is -3.37. The lowest BCUT2D eigenvalue weighted by Crippen LogP contribution is -2.53. The second-order valence-electron chi connectivity index (χ2n) is 4.89. The molecule has 0 aromatic carbocycles. The van der Waals surface area contributed by atoms with Gasteiger partial charge in [0.15, 0.2) is 0 Å². The van der Waals surface area contributed by atoms with E-state index in [0.717, 1.165) is 32.4 Å². The molecule has 1 aliphatic rings. The van der Waals surface area contributed by atoms with Gasteiger partial charge in [-0.15, -0.1) is 0 Å². The van der Waals surface area contributed by atoms with Gasteiger partial charge < -0.3 is 10.1 Å². The summed E-state index contributed by atoms with van der Waals surface area (Å²) in [7, 11) is -0.170. The third-order valence-corrected chi connectivity index (χ3v) is 5.55. The molecule has 7 heteroatoms. The summed E-state index contributed by atoms with van der Waals surface area (Å²) in [5.74, 6) is 0. The Kier molecular flexibility index (Phi) is 7.23. The first-order valence-electron chi connectivity index (χ1n) is 6.96. The van der Waals surface area contributed by atoms with Gasteiger partial charge in [0.25, 0.3) is 10.2 Å². The summed E-state index contributed by atoms with van der Waals surface area (Å²) >= 11 is 0. The number of nitrogens with one attached hydrogen (secondary N) is 1. The largest absolute Gasteiger partial charge is 0.383 e. The highest BCUT2D eigenvalue weighted by Crippen LogP contribution is 2.21. The van der Waals surface area contributed by atoms with Crippen LogP contribution in [0.1, 0.15) is 26.2 Å². The van der Waals surface area contributed by atoms with Crippen molar-refractivity contribution >= 4 is 10.2 Å². The standard InChI is InChI=1S/C12H27N3O3S/c1-4-13-11-12-7-5-6-8-15(12)19(16,17)14(2)9-10-18-3/h12-13H,4-11H2,1-3H3. The Morgan fingerprint density at radius 2 is 2.16 bits per heavy atom. The Labute approximate surface area is 117 Å². The molecular weight excluding hydrogens is 266 g/mol. The van der Waals surface area contributed by atoms with Crippen LogP contribution in [0.3, 0.4) is 0 Å². The predicted octanol–water partition coefficient (Wildman–Crippen LogP) is 0.273. The van der Waals surface area contributed by atoms with Crippen molar-refractivity contribution in [3.63, 3.8) is 0 Å². The molecule has 0 bridgehead atoms. The second kappa shape index (κ2) is 8.16. The fourth-order valence-corrected chi connectivity index (χ4v) is 3.89. The van der Waals surface area contributed by atoms with E-state index in [1.165, 1.54) is 4.31 Å². The minimum absolute atomic E-state index is 0.0729. The summed E-state index contributed by atoms with van der Waals surface area (Å²) in [5.41, 5.74) is 0. The smallest absolute Gasteiger partial charge is 0.282 e. The Morgan fingerprint density at radius 1 is 1.42 bits per heavy atom. The molecule has 0 aromatic rings. The van der Waals surface area contributed by atoms with Gasteiger partial charge in [0.1, 0.15) is 0 Å². The van der Waals surface area contributed by atoms with Gasteiger partial charge in [0, 0.05) is 39.8 Å². The molecule has 1 saturated heterocycles. The molecule has 114 valence electrons. The maximum atomic E-state index is 12.5. The van der Waals surface area contributed by atoms with Crippen LogP contribution in [-0.4, -0.2) is 70.0 Å². The highest BCUT2D eigenvalue weighted by Gasteiger charge is 2.34. The number of likely N-dealkylation sites (N-methyl/N-ethyl adjacent to an activating group) is 2. The lowest BCUT2D eigenvalue weighted by atomic mass is 10.1. The molecule has 1 atom stereocenters. The molecule has 1 unspecified atom stereocenters. The number of hydrogen-bond donors (Lipinski definition) is 1. The van der Waals surface area contributed by atoms with E-state index < -0.39 is 10.2 Å². The van der Waals surface area contributed by atoms with E-state index in [2.05, 4.69) is 5.32 Å². The molecule has 0 spiro atoms. The number of hydrogen-bond acceptors (Lipinski definition) is 4. The number of ether oxygens (including phenoxy) is 1. The van der Waals surface area contributed by atoms with Gasteiger partial charge in [-0.25, -0.2) is 0 Å². The molecule has 1 rings (SSSR count). The van der Waals surface area contributed by atoms with Crippen molar-refractivity contribution in [1.82, 2.24) is 13.9 Å². The summed E-state index contributed by atoms with van der Waals surface area (Å²) in [6.07, 6.45) is 2.98. The molecular formula is C12H27N3O3S. The summed E-state index contributed by atoms with van der Waals surface area (Å²) < 4.78 is 33.1. The van der Waals surface area contributed by atoms with E-state index in [9.17, 15) is 8.42 Å². The first-order valence-corrected chi connectivity index (χ1v) is 8.36. The van der Waals surface area contributed by atoms with Crippen LogP contribution in [-0.2, 0) is 14.9 Å². The molecule has 6 nitrogen and oxygen atoms in total. The zero-order valence-electron chi connectivity index (χ0n) is 12.3. The van der Waals surface area contributed by atoms with Crippen molar-refractivity contribution in [2.24, 2.45) is 0 Å². The van der Waals surface area contributed by atoms with Gasteiger partial charge in [-0.1, -0.05) is 13.3 Å². The van der Waals surface area contributed by atoms with E-state index in [4.69, 9.17) is 4.74 Å². The Hall–Kier alpha value is -0.210. The summed E-state index contributed by atoms with van der Waals surface area (Å²) in [5, 5.41) is 3.25. The number of rotatable bonds is 8. The Bertz CT molecular complexity index is 348. The first kappa shape index (κ1) is 16.8. The molecule has 0 radical (unpaired) electrons. The molecule has 0 aliphatic carbocycles. The van der Waals surface area contributed by atoms with Crippen LogP contribution in [0.5, 0.6) is 0 Å². The lowest BCUT2D eigenvalue weighted by Gasteiger charge is -2.37. The van der Waals surface area contributed by atoms with Crippen LogP contribution in [0.15, 0.2) is 0 Å². The average Bonchev–Trinajstić information content (AvgIpc) is 2.42. The molecule has 0 amide bonds. The average molecular weight is 293 g/mol. The normalized spacial score (nSPS) is 22.0. The zero-order chi connectivity index (χ0) is 14.3. The topological polar surface area (TPSA) is 61.9 Å². The maximum absolute atomic E-state index is 12.5. The highest BCUT2D eigenvalue weighted by molar-refractivity contribution is 7.86. The van der Waals surface area contributed by atoms with Gasteiger partial charge in [-0.3, -0.25) is 0 Å². The monoisotopic (exact) mass is 293 g/mol. The fraction of sp³-hybridized carbons (Fsp3) is 1.00. The van der Waals surface area contributed by atoms with Gasteiger partial charge in [0.2, 0.25) is 0 Å². The van der Waals surface area contributed by atoms with Crippen LogP contribution >= 0.6 is 0 Å². The zero-order valence-corrected chi connectivity index (χ0v) is 13.1. The highest BCUT2D eigenvalue weighted by atomic mass is 32.2. The predicted molar refractivity (Wildman–Crippen MR) is 76.3 cm³/mol. The minimum Gasteiger partial charge on any atom is -0.383 e. The SMILES string of the molecule is CCNCC1CCCCN1S(=O)(=O)N(C)CCOC. The molecule has 0 aromatic heterocycles.